The molecule has 3 rings (SSSR count). The van der Waals surface area contributed by atoms with E-state index in [1.54, 1.807) is 19.0 Å². The third-order valence-electron chi connectivity index (χ3n) is 4.61. The molecule has 0 fully saturated rings. The van der Waals surface area contributed by atoms with E-state index in [0.717, 1.165) is 40.7 Å². The zero-order valence-corrected chi connectivity index (χ0v) is 13.8. The Morgan fingerprint density at radius 1 is 1.00 bits per heavy atom. The molecule has 1 atom stereocenters. The van der Waals surface area contributed by atoms with E-state index in [1.807, 2.05) is 49.4 Å². The molecule has 0 saturated heterocycles. The highest BCUT2D eigenvalue weighted by molar-refractivity contribution is 6.11. The molecule has 0 N–H and O–H groups in total. The number of benzene rings is 2. The van der Waals surface area contributed by atoms with Crippen molar-refractivity contribution in [1.82, 2.24) is 4.90 Å². The number of amides is 1. The van der Waals surface area contributed by atoms with Gasteiger partial charge in [-0.05, 0) is 36.5 Å². The third kappa shape index (κ3) is 2.79. The van der Waals surface area contributed by atoms with Crippen LogP contribution in [0.25, 0.3) is 0 Å². The molecule has 0 radical (unpaired) electrons. The van der Waals surface area contributed by atoms with E-state index < -0.39 is 0 Å². The number of fused-ring (bicyclic) bond motifs is 2. The summed E-state index contributed by atoms with van der Waals surface area (Å²) in [6, 6.07) is 13.6. The maximum atomic E-state index is 12.8. The molecule has 23 heavy (non-hydrogen) atoms. The van der Waals surface area contributed by atoms with E-state index >= 15 is 0 Å². The van der Waals surface area contributed by atoms with Gasteiger partial charge in [0, 0.05) is 25.2 Å². The summed E-state index contributed by atoms with van der Waals surface area (Å²) < 4.78 is 0. The van der Waals surface area contributed by atoms with Gasteiger partial charge in [0.25, 0.3) is 0 Å². The first kappa shape index (κ1) is 15.5. The fourth-order valence-corrected chi connectivity index (χ4v) is 3.22. The van der Waals surface area contributed by atoms with Crippen molar-refractivity contribution in [2.75, 3.05) is 14.1 Å². The number of ketones is 1. The highest BCUT2D eigenvalue weighted by Crippen LogP contribution is 2.27. The molecule has 3 heteroatoms. The molecule has 1 aliphatic rings. The van der Waals surface area contributed by atoms with E-state index in [4.69, 9.17) is 0 Å². The number of carbonyl (C=O) groups excluding carboxylic acids is 2. The first-order valence-corrected chi connectivity index (χ1v) is 7.95. The van der Waals surface area contributed by atoms with E-state index in [-0.39, 0.29) is 17.6 Å². The van der Waals surface area contributed by atoms with Gasteiger partial charge in [-0.15, -0.1) is 0 Å². The van der Waals surface area contributed by atoms with Crippen LogP contribution < -0.4 is 0 Å². The van der Waals surface area contributed by atoms with Gasteiger partial charge in [0.05, 0.1) is 5.92 Å². The van der Waals surface area contributed by atoms with Crippen LogP contribution in [0.4, 0.5) is 0 Å². The van der Waals surface area contributed by atoms with Crippen LogP contribution in [0.2, 0.25) is 0 Å². The van der Waals surface area contributed by atoms with Gasteiger partial charge in [-0.2, -0.15) is 0 Å². The molecule has 2 aromatic rings. The van der Waals surface area contributed by atoms with Gasteiger partial charge in [0.1, 0.15) is 0 Å². The number of rotatable bonds is 2. The van der Waals surface area contributed by atoms with Crippen molar-refractivity contribution < 1.29 is 9.59 Å². The van der Waals surface area contributed by atoms with E-state index in [1.165, 1.54) is 0 Å². The van der Waals surface area contributed by atoms with Crippen molar-refractivity contribution in [3.8, 4) is 0 Å². The Morgan fingerprint density at radius 2 is 1.65 bits per heavy atom. The van der Waals surface area contributed by atoms with E-state index in [2.05, 4.69) is 0 Å². The number of aryl methyl sites for hydroxylation is 2. The second-order valence-electron chi connectivity index (χ2n) is 6.36. The number of hydrogen-bond acceptors (Lipinski definition) is 2. The SMILES string of the molecule is CC(C(=O)N(C)C)c1ccc2c(c1)CCc1ccccc1C2=O. The molecule has 0 aliphatic heterocycles. The smallest absolute Gasteiger partial charge is 0.229 e. The van der Waals surface area contributed by atoms with Crippen LogP contribution in [0.1, 0.15) is 45.5 Å². The number of hydrogen-bond donors (Lipinski definition) is 0. The van der Waals surface area contributed by atoms with Crippen LogP contribution in [-0.4, -0.2) is 30.7 Å². The summed E-state index contributed by atoms with van der Waals surface area (Å²) in [7, 11) is 3.53. The fourth-order valence-electron chi connectivity index (χ4n) is 3.22. The van der Waals surface area contributed by atoms with Crippen molar-refractivity contribution >= 4 is 11.7 Å². The molecule has 0 spiro atoms. The molecule has 0 bridgehead atoms. The summed E-state index contributed by atoms with van der Waals surface area (Å²) in [6.07, 6.45) is 1.68. The normalized spacial score (nSPS) is 14.5. The first-order valence-electron chi connectivity index (χ1n) is 7.95. The monoisotopic (exact) mass is 307 g/mol. The highest BCUT2D eigenvalue weighted by atomic mass is 16.2. The van der Waals surface area contributed by atoms with Crippen molar-refractivity contribution in [3.05, 3.63) is 70.3 Å². The van der Waals surface area contributed by atoms with Crippen LogP contribution in [0, 0.1) is 0 Å². The largest absolute Gasteiger partial charge is 0.348 e. The summed E-state index contributed by atoms with van der Waals surface area (Å²) in [5.41, 5.74) is 4.69. The average molecular weight is 307 g/mol. The molecule has 1 unspecified atom stereocenters. The lowest BCUT2D eigenvalue weighted by Gasteiger charge is -2.18. The Hall–Kier alpha value is -2.42. The minimum atomic E-state index is -0.198. The van der Waals surface area contributed by atoms with Crippen LogP contribution in [0.3, 0.4) is 0 Å². The van der Waals surface area contributed by atoms with E-state index in [0.29, 0.717) is 0 Å². The van der Waals surface area contributed by atoms with Crippen molar-refractivity contribution in [2.24, 2.45) is 0 Å². The van der Waals surface area contributed by atoms with Gasteiger partial charge in [0.15, 0.2) is 5.78 Å². The summed E-state index contributed by atoms with van der Waals surface area (Å²) in [6.45, 7) is 1.91. The first-order chi connectivity index (χ1) is 11.0. The Balaban J connectivity index is 2.00. The second-order valence-corrected chi connectivity index (χ2v) is 6.36. The quantitative estimate of drug-likeness (QED) is 0.854. The number of carbonyl (C=O) groups is 2. The molecule has 118 valence electrons. The van der Waals surface area contributed by atoms with Gasteiger partial charge < -0.3 is 4.90 Å². The van der Waals surface area contributed by atoms with Crippen LogP contribution in [0.5, 0.6) is 0 Å². The summed E-state index contributed by atoms with van der Waals surface area (Å²) in [4.78, 5) is 26.6. The van der Waals surface area contributed by atoms with Gasteiger partial charge in [-0.25, -0.2) is 0 Å². The van der Waals surface area contributed by atoms with Crippen molar-refractivity contribution in [2.45, 2.75) is 25.7 Å². The molecule has 0 saturated carbocycles. The molecular weight excluding hydrogens is 286 g/mol. The number of nitrogens with zero attached hydrogens (tertiary/aromatic N) is 1. The fraction of sp³-hybridized carbons (Fsp3) is 0.300. The zero-order chi connectivity index (χ0) is 16.6. The standard InChI is InChI=1S/C20H21NO2/c1-13(20(23)21(2)3)15-10-11-18-16(12-15)9-8-14-6-4-5-7-17(14)19(18)22/h4-7,10-13H,8-9H2,1-3H3. The molecular formula is C20H21NO2. The molecule has 0 heterocycles. The predicted octanol–water partition coefficient (Wildman–Crippen LogP) is 3.21. The average Bonchev–Trinajstić information content (AvgIpc) is 2.71. The van der Waals surface area contributed by atoms with Gasteiger partial charge >= 0.3 is 0 Å². The Bertz CT molecular complexity index is 777. The second kappa shape index (κ2) is 5.99. The molecule has 3 nitrogen and oxygen atoms in total. The minimum Gasteiger partial charge on any atom is -0.348 e. The van der Waals surface area contributed by atoms with Crippen LogP contribution in [0.15, 0.2) is 42.5 Å². The van der Waals surface area contributed by atoms with Crippen LogP contribution >= 0.6 is 0 Å². The van der Waals surface area contributed by atoms with Crippen molar-refractivity contribution in [3.63, 3.8) is 0 Å². The third-order valence-corrected chi connectivity index (χ3v) is 4.61. The van der Waals surface area contributed by atoms with Gasteiger partial charge in [-0.1, -0.05) is 42.5 Å². The summed E-state index contributed by atoms with van der Waals surface area (Å²) in [5.74, 6) is -0.0320. The molecule has 1 amide bonds. The lowest BCUT2D eigenvalue weighted by Crippen LogP contribution is -2.26. The van der Waals surface area contributed by atoms with E-state index in [9.17, 15) is 9.59 Å². The zero-order valence-electron chi connectivity index (χ0n) is 13.8. The number of likely N-dealkylation sites (N-methyl/N-ethyl adjacent to an activating group) is 1. The Kier molecular flexibility index (Phi) is 4.03. The predicted molar refractivity (Wildman–Crippen MR) is 90.8 cm³/mol. The highest BCUT2D eigenvalue weighted by Gasteiger charge is 2.23. The van der Waals surface area contributed by atoms with Gasteiger partial charge in [0.2, 0.25) is 5.91 Å². The Labute approximate surface area is 136 Å². The summed E-state index contributed by atoms with van der Waals surface area (Å²) >= 11 is 0. The van der Waals surface area contributed by atoms with Crippen LogP contribution in [-0.2, 0) is 17.6 Å². The lowest BCUT2D eigenvalue weighted by atomic mass is 9.92. The maximum absolute atomic E-state index is 12.8. The molecule has 1 aliphatic carbocycles. The molecule has 2 aromatic carbocycles. The molecule has 0 aromatic heterocycles. The lowest BCUT2D eigenvalue weighted by molar-refractivity contribution is -0.129. The Morgan fingerprint density at radius 3 is 2.39 bits per heavy atom. The minimum absolute atomic E-state index is 0.0770. The van der Waals surface area contributed by atoms with Gasteiger partial charge in [-0.3, -0.25) is 9.59 Å². The summed E-state index contributed by atoms with van der Waals surface area (Å²) in [5, 5.41) is 0. The maximum Gasteiger partial charge on any atom is 0.229 e. The van der Waals surface area contributed by atoms with Crippen molar-refractivity contribution in [1.29, 1.82) is 0 Å². The topological polar surface area (TPSA) is 37.4 Å².